The number of rotatable bonds is 5. The van der Waals surface area contributed by atoms with E-state index in [1.807, 2.05) is 0 Å². The maximum atomic E-state index is 5.90. The molecule has 0 spiro atoms. The molecule has 2 rings (SSSR count). The molecule has 3 nitrogen and oxygen atoms in total. The monoisotopic (exact) mass is 276 g/mol. The van der Waals surface area contributed by atoms with E-state index >= 15 is 0 Å². The Hall–Kier alpha value is -1.06. The van der Waals surface area contributed by atoms with E-state index in [4.69, 9.17) is 10.6 Å². The fourth-order valence-electron chi connectivity index (χ4n) is 3.75. The predicted octanol–water partition coefficient (Wildman–Crippen LogP) is 3.64. The van der Waals surface area contributed by atoms with Crippen LogP contribution in [0.1, 0.15) is 55.3 Å². The molecule has 0 radical (unpaired) electrons. The van der Waals surface area contributed by atoms with Crippen LogP contribution in [0.25, 0.3) is 0 Å². The molecule has 0 bridgehead atoms. The third-order valence-electron chi connectivity index (χ3n) is 4.83. The Morgan fingerprint density at radius 1 is 1.35 bits per heavy atom. The van der Waals surface area contributed by atoms with Crippen molar-refractivity contribution in [3.63, 3.8) is 0 Å². The Morgan fingerprint density at radius 2 is 2.10 bits per heavy atom. The van der Waals surface area contributed by atoms with Crippen molar-refractivity contribution >= 4 is 0 Å². The molecule has 112 valence electrons. The lowest BCUT2D eigenvalue weighted by Gasteiger charge is -2.27. The highest BCUT2D eigenvalue weighted by molar-refractivity contribution is 5.45. The largest absolute Gasteiger partial charge is 0.496 e. The van der Waals surface area contributed by atoms with Crippen molar-refractivity contribution in [1.29, 1.82) is 0 Å². The van der Waals surface area contributed by atoms with Gasteiger partial charge in [0.25, 0.3) is 0 Å². The van der Waals surface area contributed by atoms with Crippen molar-refractivity contribution in [2.45, 2.75) is 52.5 Å². The van der Waals surface area contributed by atoms with Gasteiger partial charge in [-0.25, -0.2) is 0 Å². The van der Waals surface area contributed by atoms with Crippen molar-refractivity contribution in [3.05, 3.63) is 28.8 Å². The highest BCUT2D eigenvalue weighted by atomic mass is 16.5. The summed E-state index contributed by atoms with van der Waals surface area (Å²) in [5.41, 5.74) is 6.80. The van der Waals surface area contributed by atoms with Crippen LogP contribution in [0.2, 0.25) is 0 Å². The van der Waals surface area contributed by atoms with Crippen LogP contribution in [0, 0.1) is 25.7 Å². The van der Waals surface area contributed by atoms with Gasteiger partial charge in [0.1, 0.15) is 5.75 Å². The number of hydrogen-bond acceptors (Lipinski definition) is 3. The number of benzene rings is 1. The first-order chi connectivity index (χ1) is 9.60. The average molecular weight is 276 g/mol. The summed E-state index contributed by atoms with van der Waals surface area (Å²) in [5, 5.41) is 0. The van der Waals surface area contributed by atoms with Crippen LogP contribution in [0.3, 0.4) is 0 Å². The molecular weight excluding hydrogens is 248 g/mol. The lowest BCUT2D eigenvalue weighted by molar-refractivity contribution is 0.337. The van der Waals surface area contributed by atoms with Crippen LogP contribution in [0.15, 0.2) is 12.1 Å². The van der Waals surface area contributed by atoms with Crippen molar-refractivity contribution in [1.82, 2.24) is 5.43 Å². The molecule has 3 unspecified atom stereocenters. The lowest BCUT2D eigenvalue weighted by Crippen LogP contribution is -2.33. The maximum absolute atomic E-state index is 5.90. The van der Waals surface area contributed by atoms with Crippen LogP contribution >= 0.6 is 0 Å². The van der Waals surface area contributed by atoms with Crippen LogP contribution in [0.4, 0.5) is 0 Å². The normalized spacial score (nSPS) is 23.9. The molecule has 3 N–H and O–H groups in total. The smallest absolute Gasteiger partial charge is 0.124 e. The Bertz CT molecular complexity index is 459. The minimum absolute atomic E-state index is 0.196. The molecule has 1 saturated carbocycles. The quantitative estimate of drug-likeness (QED) is 0.637. The number of hydrogen-bond donors (Lipinski definition) is 2. The number of nitrogens with one attached hydrogen (secondary N) is 1. The van der Waals surface area contributed by atoms with Crippen molar-refractivity contribution < 1.29 is 4.74 Å². The molecule has 0 heterocycles. The first kappa shape index (κ1) is 15.3. The summed E-state index contributed by atoms with van der Waals surface area (Å²) < 4.78 is 5.61. The van der Waals surface area contributed by atoms with E-state index in [1.165, 1.54) is 42.4 Å². The van der Waals surface area contributed by atoms with E-state index < -0.39 is 0 Å². The Labute approximate surface area is 122 Å². The second-order valence-electron chi connectivity index (χ2n) is 6.19. The van der Waals surface area contributed by atoms with Gasteiger partial charge in [0, 0.05) is 5.56 Å². The molecule has 1 fully saturated rings. The van der Waals surface area contributed by atoms with E-state index in [0.29, 0.717) is 5.92 Å². The highest BCUT2D eigenvalue weighted by Crippen LogP contribution is 2.43. The first-order valence-electron chi connectivity index (χ1n) is 7.71. The van der Waals surface area contributed by atoms with Gasteiger partial charge in [0.15, 0.2) is 0 Å². The molecule has 3 atom stereocenters. The van der Waals surface area contributed by atoms with E-state index in [1.54, 1.807) is 7.11 Å². The summed E-state index contributed by atoms with van der Waals surface area (Å²) in [4.78, 5) is 0. The van der Waals surface area contributed by atoms with Crippen LogP contribution < -0.4 is 16.0 Å². The molecule has 0 aliphatic heterocycles. The van der Waals surface area contributed by atoms with Crippen molar-refractivity contribution in [3.8, 4) is 5.75 Å². The maximum Gasteiger partial charge on any atom is 0.124 e. The minimum atomic E-state index is 0.196. The zero-order chi connectivity index (χ0) is 14.7. The summed E-state index contributed by atoms with van der Waals surface area (Å²) >= 11 is 0. The van der Waals surface area contributed by atoms with Gasteiger partial charge < -0.3 is 4.74 Å². The molecule has 3 heteroatoms. The van der Waals surface area contributed by atoms with Gasteiger partial charge in [-0.1, -0.05) is 25.8 Å². The number of hydrazine groups is 1. The third-order valence-corrected chi connectivity index (χ3v) is 4.83. The second kappa shape index (κ2) is 6.59. The van der Waals surface area contributed by atoms with Crippen LogP contribution in [0.5, 0.6) is 5.75 Å². The number of ether oxygens (including phenoxy) is 1. The average Bonchev–Trinajstić information content (AvgIpc) is 2.90. The van der Waals surface area contributed by atoms with E-state index in [-0.39, 0.29) is 6.04 Å². The molecule has 0 amide bonds. The summed E-state index contributed by atoms with van der Waals surface area (Å²) in [6.45, 7) is 6.55. The Kier molecular flexibility index (Phi) is 5.06. The summed E-state index contributed by atoms with van der Waals surface area (Å²) in [6.07, 6.45) is 5.12. The standard InChI is InChI=1S/C17H28N2O/c1-5-13-6-7-14(10-13)17(19-18)16-12(3)8-11(2)9-15(16)20-4/h8-9,13-14,17,19H,5-7,10,18H2,1-4H3. The fraction of sp³-hybridized carbons (Fsp3) is 0.647. The molecule has 1 aromatic carbocycles. The molecule has 0 saturated heterocycles. The van der Waals surface area contributed by atoms with Gasteiger partial charge in [-0.3, -0.25) is 11.3 Å². The SMILES string of the molecule is CCC1CCC(C(NN)c2c(C)cc(C)cc2OC)C1. The zero-order valence-electron chi connectivity index (χ0n) is 13.2. The van der Waals surface area contributed by atoms with E-state index in [9.17, 15) is 0 Å². The Balaban J connectivity index is 2.32. The lowest BCUT2D eigenvalue weighted by atomic mass is 9.87. The summed E-state index contributed by atoms with van der Waals surface area (Å²) in [7, 11) is 1.74. The van der Waals surface area contributed by atoms with E-state index in [0.717, 1.165) is 11.7 Å². The van der Waals surface area contributed by atoms with Gasteiger partial charge in [-0.2, -0.15) is 0 Å². The van der Waals surface area contributed by atoms with Gasteiger partial charge in [0.2, 0.25) is 0 Å². The highest BCUT2D eigenvalue weighted by Gasteiger charge is 2.32. The molecule has 1 aliphatic carbocycles. The van der Waals surface area contributed by atoms with E-state index in [2.05, 4.69) is 38.3 Å². The molecule has 20 heavy (non-hydrogen) atoms. The fourth-order valence-corrected chi connectivity index (χ4v) is 3.75. The molecule has 1 aliphatic rings. The van der Waals surface area contributed by atoms with Gasteiger partial charge in [0.05, 0.1) is 13.2 Å². The molecule has 1 aromatic rings. The molecule has 0 aromatic heterocycles. The third kappa shape index (κ3) is 2.99. The van der Waals surface area contributed by atoms with Gasteiger partial charge in [-0.05, 0) is 55.7 Å². The predicted molar refractivity (Wildman–Crippen MR) is 83.7 cm³/mol. The van der Waals surface area contributed by atoms with Crippen molar-refractivity contribution in [2.24, 2.45) is 17.7 Å². The van der Waals surface area contributed by atoms with Crippen LogP contribution in [-0.2, 0) is 0 Å². The number of aryl methyl sites for hydroxylation is 2. The topological polar surface area (TPSA) is 47.3 Å². The number of nitrogens with two attached hydrogens (primary N) is 1. The van der Waals surface area contributed by atoms with Crippen molar-refractivity contribution in [2.75, 3.05) is 7.11 Å². The minimum Gasteiger partial charge on any atom is -0.496 e. The number of methoxy groups -OCH3 is 1. The van der Waals surface area contributed by atoms with Gasteiger partial charge in [-0.15, -0.1) is 0 Å². The van der Waals surface area contributed by atoms with Crippen LogP contribution in [-0.4, -0.2) is 7.11 Å². The Morgan fingerprint density at radius 3 is 2.65 bits per heavy atom. The summed E-state index contributed by atoms with van der Waals surface area (Å²) in [5.74, 6) is 8.33. The second-order valence-corrected chi connectivity index (χ2v) is 6.19. The summed E-state index contributed by atoms with van der Waals surface area (Å²) in [6, 6.07) is 4.52. The van der Waals surface area contributed by atoms with Gasteiger partial charge >= 0.3 is 0 Å². The zero-order valence-corrected chi connectivity index (χ0v) is 13.2. The molecular formula is C17H28N2O. The first-order valence-corrected chi connectivity index (χ1v) is 7.71.